The van der Waals surface area contributed by atoms with Crippen LogP contribution in [0.15, 0.2) is 0 Å². The van der Waals surface area contributed by atoms with Crippen molar-refractivity contribution < 1.29 is 19.5 Å². The number of amides is 2. The maximum absolute atomic E-state index is 11.9. The molecule has 0 aliphatic carbocycles. The third-order valence-corrected chi connectivity index (χ3v) is 2.41. The highest BCUT2D eigenvalue weighted by molar-refractivity contribution is 5.91. The van der Waals surface area contributed by atoms with E-state index in [1.54, 1.807) is 13.8 Å². The summed E-state index contributed by atoms with van der Waals surface area (Å²) >= 11 is 0. The lowest BCUT2D eigenvalue weighted by atomic mass is 10.0. The summed E-state index contributed by atoms with van der Waals surface area (Å²) in [6.07, 6.45) is -0.470. The zero-order valence-electron chi connectivity index (χ0n) is 11.8. The van der Waals surface area contributed by atoms with Crippen LogP contribution in [0.25, 0.3) is 0 Å². The molecule has 7 heteroatoms. The van der Waals surface area contributed by atoms with Crippen LogP contribution >= 0.6 is 0 Å². The number of carbonyl (C=O) groups is 3. The van der Waals surface area contributed by atoms with Gasteiger partial charge in [-0.1, -0.05) is 13.8 Å². The molecule has 0 saturated heterocycles. The second-order valence-electron chi connectivity index (χ2n) is 5.10. The fourth-order valence-electron chi connectivity index (χ4n) is 1.45. The molecule has 0 unspecified atom stereocenters. The largest absolute Gasteiger partial charge is 0.481 e. The summed E-state index contributed by atoms with van der Waals surface area (Å²) in [5.41, 5.74) is 5.44. The minimum absolute atomic E-state index is 0.0432. The fourth-order valence-corrected chi connectivity index (χ4v) is 1.45. The van der Waals surface area contributed by atoms with Gasteiger partial charge in [-0.25, -0.2) is 0 Å². The van der Waals surface area contributed by atoms with Crippen molar-refractivity contribution in [2.24, 2.45) is 11.7 Å². The Balaban J connectivity index is 4.62. The van der Waals surface area contributed by atoms with Crippen LogP contribution in [0.5, 0.6) is 0 Å². The molecule has 0 aromatic carbocycles. The molecular weight excluding hydrogens is 250 g/mol. The van der Waals surface area contributed by atoms with E-state index in [4.69, 9.17) is 10.8 Å². The Morgan fingerprint density at radius 2 is 1.58 bits per heavy atom. The van der Waals surface area contributed by atoms with Gasteiger partial charge < -0.3 is 21.5 Å². The molecular formula is C12H23N3O4. The second kappa shape index (κ2) is 7.73. The number of carboxylic acids is 1. The number of carboxylic acid groups (broad SMARTS) is 1. The first-order chi connectivity index (χ1) is 8.65. The third kappa shape index (κ3) is 6.76. The van der Waals surface area contributed by atoms with E-state index in [-0.39, 0.29) is 17.9 Å². The maximum atomic E-state index is 11.9. The predicted octanol–water partition coefficient (Wildman–Crippen LogP) is -0.546. The Hall–Kier alpha value is -1.63. The minimum Gasteiger partial charge on any atom is -0.481 e. The van der Waals surface area contributed by atoms with Crippen molar-refractivity contribution in [1.82, 2.24) is 10.6 Å². The molecule has 0 aromatic heterocycles. The van der Waals surface area contributed by atoms with Gasteiger partial charge in [0, 0.05) is 6.04 Å². The number of aliphatic carboxylic acids is 1. The first kappa shape index (κ1) is 17.4. The van der Waals surface area contributed by atoms with Crippen LogP contribution in [-0.4, -0.2) is 41.0 Å². The summed E-state index contributed by atoms with van der Waals surface area (Å²) < 4.78 is 0. The van der Waals surface area contributed by atoms with Gasteiger partial charge in [-0.05, 0) is 19.8 Å². The molecule has 0 saturated carbocycles. The van der Waals surface area contributed by atoms with Crippen molar-refractivity contribution in [3.63, 3.8) is 0 Å². The molecule has 7 nitrogen and oxygen atoms in total. The Bertz CT molecular complexity index is 342. The highest BCUT2D eigenvalue weighted by Gasteiger charge is 2.27. The third-order valence-electron chi connectivity index (χ3n) is 2.41. The summed E-state index contributed by atoms with van der Waals surface area (Å²) in [6, 6.07) is -1.93. The quantitative estimate of drug-likeness (QED) is 0.496. The van der Waals surface area contributed by atoms with Crippen LogP contribution in [0, 0.1) is 5.92 Å². The van der Waals surface area contributed by atoms with E-state index in [2.05, 4.69) is 10.6 Å². The molecule has 5 N–H and O–H groups in total. The van der Waals surface area contributed by atoms with E-state index < -0.39 is 30.4 Å². The molecule has 0 aliphatic rings. The lowest BCUT2D eigenvalue weighted by Crippen LogP contribution is -2.55. The standard InChI is InChI=1S/C12H23N3O4/c1-6(2)10(12(19)14-7(3)4)15-11(18)8(13)5-9(16)17/h6-8,10H,5,13H2,1-4H3,(H,14,19)(H,15,18)(H,16,17)/t8-,10+/m0/s1. The van der Waals surface area contributed by atoms with Crippen molar-refractivity contribution in [1.29, 1.82) is 0 Å². The highest BCUT2D eigenvalue weighted by Crippen LogP contribution is 2.03. The molecule has 0 rings (SSSR count). The number of carbonyl (C=O) groups excluding carboxylic acids is 2. The number of hydrogen-bond acceptors (Lipinski definition) is 4. The number of rotatable bonds is 7. The van der Waals surface area contributed by atoms with Crippen molar-refractivity contribution in [3.05, 3.63) is 0 Å². The van der Waals surface area contributed by atoms with Crippen molar-refractivity contribution in [2.45, 2.75) is 52.2 Å². The number of hydrogen-bond donors (Lipinski definition) is 4. The highest BCUT2D eigenvalue weighted by atomic mass is 16.4. The summed E-state index contributed by atoms with van der Waals surface area (Å²) in [5.74, 6) is -2.23. The van der Waals surface area contributed by atoms with Crippen LogP contribution in [-0.2, 0) is 14.4 Å². The zero-order valence-corrected chi connectivity index (χ0v) is 11.8. The molecule has 0 radical (unpaired) electrons. The van der Waals surface area contributed by atoms with Crippen LogP contribution < -0.4 is 16.4 Å². The summed E-state index contributed by atoms with van der Waals surface area (Å²) in [4.78, 5) is 34.1. The monoisotopic (exact) mass is 273 g/mol. The van der Waals surface area contributed by atoms with Crippen molar-refractivity contribution >= 4 is 17.8 Å². The molecule has 2 atom stereocenters. The normalized spacial score (nSPS) is 14.1. The Kier molecular flexibility index (Phi) is 7.06. The Morgan fingerprint density at radius 1 is 1.05 bits per heavy atom. The van der Waals surface area contributed by atoms with Crippen molar-refractivity contribution in [2.75, 3.05) is 0 Å². The average molecular weight is 273 g/mol. The lowest BCUT2D eigenvalue weighted by molar-refractivity contribution is -0.139. The summed E-state index contributed by atoms with van der Waals surface area (Å²) in [6.45, 7) is 7.20. The van der Waals surface area contributed by atoms with Gasteiger partial charge in [0.1, 0.15) is 6.04 Å². The second-order valence-corrected chi connectivity index (χ2v) is 5.10. The molecule has 0 aliphatic heterocycles. The van der Waals surface area contributed by atoms with E-state index in [0.717, 1.165) is 0 Å². The molecule has 0 fully saturated rings. The molecule has 0 bridgehead atoms. The van der Waals surface area contributed by atoms with E-state index >= 15 is 0 Å². The van der Waals surface area contributed by atoms with Gasteiger partial charge >= 0.3 is 5.97 Å². The molecule has 0 heterocycles. The first-order valence-corrected chi connectivity index (χ1v) is 6.23. The Morgan fingerprint density at radius 3 is 1.95 bits per heavy atom. The van der Waals surface area contributed by atoms with E-state index in [9.17, 15) is 14.4 Å². The minimum atomic E-state index is -1.16. The van der Waals surface area contributed by atoms with Crippen LogP contribution in [0.3, 0.4) is 0 Å². The topological polar surface area (TPSA) is 122 Å². The summed E-state index contributed by atoms with van der Waals surface area (Å²) in [5, 5.41) is 13.8. The smallest absolute Gasteiger partial charge is 0.305 e. The SMILES string of the molecule is CC(C)NC(=O)[C@H](NC(=O)[C@@H](N)CC(=O)O)C(C)C. The van der Waals surface area contributed by atoms with Gasteiger partial charge in [-0.2, -0.15) is 0 Å². The van der Waals surface area contributed by atoms with E-state index in [1.807, 2.05) is 13.8 Å². The first-order valence-electron chi connectivity index (χ1n) is 6.23. The van der Waals surface area contributed by atoms with Crippen LogP contribution in [0.2, 0.25) is 0 Å². The molecule has 0 aromatic rings. The van der Waals surface area contributed by atoms with Gasteiger partial charge in [0.25, 0.3) is 0 Å². The van der Waals surface area contributed by atoms with Gasteiger partial charge in [0.15, 0.2) is 0 Å². The molecule has 0 spiro atoms. The number of nitrogens with two attached hydrogens (primary N) is 1. The van der Waals surface area contributed by atoms with Crippen LogP contribution in [0.4, 0.5) is 0 Å². The average Bonchev–Trinajstić information content (AvgIpc) is 2.22. The molecule has 110 valence electrons. The van der Waals surface area contributed by atoms with Gasteiger partial charge in [0.2, 0.25) is 11.8 Å². The Labute approximate surface area is 112 Å². The fraction of sp³-hybridized carbons (Fsp3) is 0.750. The van der Waals surface area contributed by atoms with Gasteiger partial charge in [-0.15, -0.1) is 0 Å². The lowest BCUT2D eigenvalue weighted by Gasteiger charge is -2.24. The zero-order chi connectivity index (χ0) is 15.2. The predicted molar refractivity (Wildman–Crippen MR) is 70.3 cm³/mol. The molecule has 19 heavy (non-hydrogen) atoms. The summed E-state index contributed by atoms with van der Waals surface area (Å²) in [7, 11) is 0. The molecule has 2 amide bonds. The van der Waals surface area contributed by atoms with E-state index in [0.29, 0.717) is 0 Å². The number of nitrogens with one attached hydrogen (secondary N) is 2. The van der Waals surface area contributed by atoms with Gasteiger partial charge in [0.05, 0.1) is 12.5 Å². The van der Waals surface area contributed by atoms with Crippen molar-refractivity contribution in [3.8, 4) is 0 Å². The van der Waals surface area contributed by atoms with E-state index in [1.165, 1.54) is 0 Å². The van der Waals surface area contributed by atoms with Gasteiger partial charge in [-0.3, -0.25) is 14.4 Å². The van der Waals surface area contributed by atoms with Crippen LogP contribution in [0.1, 0.15) is 34.1 Å². The maximum Gasteiger partial charge on any atom is 0.305 e.